The summed E-state index contributed by atoms with van der Waals surface area (Å²) in [5.74, 6) is -0.674. The van der Waals surface area contributed by atoms with E-state index in [1.165, 1.54) is 12.1 Å². The SMILES string of the molecule is Cc1nc(SCC(=O)Nc2cccc(C(F)(F)F)c2)[nH]c(=O)c1CCO. The van der Waals surface area contributed by atoms with Gasteiger partial charge in [0, 0.05) is 30.0 Å². The smallest absolute Gasteiger partial charge is 0.396 e. The predicted octanol–water partition coefficient (Wildman–Crippen LogP) is 2.36. The lowest BCUT2D eigenvalue weighted by atomic mass is 10.2. The van der Waals surface area contributed by atoms with Crippen molar-refractivity contribution in [2.24, 2.45) is 0 Å². The molecule has 0 radical (unpaired) electrons. The fraction of sp³-hybridized carbons (Fsp3) is 0.312. The van der Waals surface area contributed by atoms with Crippen molar-refractivity contribution in [3.05, 3.63) is 51.4 Å². The Morgan fingerprint density at radius 2 is 2.12 bits per heavy atom. The van der Waals surface area contributed by atoms with E-state index in [0.717, 1.165) is 23.9 Å². The summed E-state index contributed by atoms with van der Waals surface area (Å²) in [6.45, 7) is 1.44. The number of nitrogens with one attached hydrogen (secondary N) is 2. The first-order chi connectivity index (χ1) is 12.2. The van der Waals surface area contributed by atoms with E-state index in [4.69, 9.17) is 5.11 Å². The lowest BCUT2D eigenvalue weighted by Crippen LogP contribution is -2.19. The standard InChI is InChI=1S/C16H16F3N3O3S/c1-9-12(5-6-23)14(25)22-15(20-9)26-8-13(24)21-11-4-2-3-10(7-11)16(17,18)19/h2-4,7,23H,5-6,8H2,1H3,(H,21,24)(H,20,22,25). The minimum absolute atomic E-state index is 0.0290. The Morgan fingerprint density at radius 3 is 2.73 bits per heavy atom. The molecule has 6 nitrogen and oxygen atoms in total. The maximum atomic E-state index is 12.7. The van der Waals surface area contributed by atoms with Crippen LogP contribution < -0.4 is 10.9 Å². The van der Waals surface area contributed by atoms with Crippen LogP contribution in [-0.4, -0.2) is 33.3 Å². The number of alkyl halides is 3. The van der Waals surface area contributed by atoms with Crippen LogP contribution in [0.4, 0.5) is 18.9 Å². The molecule has 10 heteroatoms. The average Bonchev–Trinajstić information content (AvgIpc) is 2.56. The van der Waals surface area contributed by atoms with Crippen LogP contribution in [0.15, 0.2) is 34.2 Å². The van der Waals surface area contributed by atoms with Crippen molar-refractivity contribution < 1.29 is 23.1 Å². The number of H-pyrrole nitrogens is 1. The number of aryl methyl sites for hydroxylation is 1. The second-order valence-corrected chi connectivity index (χ2v) is 6.29. The number of hydrogen-bond donors (Lipinski definition) is 3. The van der Waals surface area contributed by atoms with E-state index >= 15 is 0 Å². The molecule has 1 aromatic carbocycles. The zero-order valence-electron chi connectivity index (χ0n) is 13.7. The molecule has 0 unspecified atom stereocenters. The number of carbonyl (C=O) groups excluding carboxylic acids is 1. The number of aromatic nitrogens is 2. The number of thioether (sulfide) groups is 1. The van der Waals surface area contributed by atoms with E-state index in [1.54, 1.807) is 6.92 Å². The molecule has 0 atom stereocenters. The largest absolute Gasteiger partial charge is 0.416 e. The number of amides is 1. The Hall–Kier alpha value is -2.33. The van der Waals surface area contributed by atoms with Gasteiger partial charge in [0.25, 0.3) is 5.56 Å². The molecule has 0 fully saturated rings. The van der Waals surface area contributed by atoms with E-state index in [2.05, 4.69) is 15.3 Å². The lowest BCUT2D eigenvalue weighted by molar-refractivity contribution is -0.137. The van der Waals surface area contributed by atoms with Gasteiger partial charge in [0.2, 0.25) is 5.91 Å². The second kappa shape index (κ2) is 8.37. The first-order valence-corrected chi connectivity index (χ1v) is 8.50. The first-order valence-electron chi connectivity index (χ1n) is 7.51. The first kappa shape index (κ1) is 20.0. The molecule has 1 aromatic heterocycles. The van der Waals surface area contributed by atoms with Gasteiger partial charge in [-0.15, -0.1) is 0 Å². The molecular weight excluding hydrogens is 371 g/mol. The highest BCUT2D eigenvalue weighted by Gasteiger charge is 2.30. The Bertz CT molecular complexity index is 853. The molecule has 26 heavy (non-hydrogen) atoms. The van der Waals surface area contributed by atoms with Crippen molar-refractivity contribution in [2.75, 3.05) is 17.7 Å². The fourth-order valence-corrected chi connectivity index (χ4v) is 2.87. The molecule has 0 saturated heterocycles. The molecule has 0 aliphatic rings. The van der Waals surface area contributed by atoms with Gasteiger partial charge in [-0.05, 0) is 25.1 Å². The van der Waals surface area contributed by atoms with Crippen LogP contribution in [0.25, 0.3) is 0 Å². The number of aromatic amines is 1. The summed E-state index contributed by atoms with van der Waals surface area (Å²) in [6.07, 6.45) is -4.32. The van der Waals surface area contributed by atoms with Gasteiger partial charge in [-0.3, -0.25) is 9.59 Å². The van der Waals surface area contributed by atoms with Crippen molar-refractivity contribution in [1.82, 2.24) is 9.97 Å². The van der Waals surface area contributed by atoms with Crippen LogP contribution in [0, 0.1) is 6.92 Å². The van der Waals surface area contributed by atoms with Crippen molar-refractivity contribution in [3.63, 3.8) is 0 Å². The number of carbonyl (C=O) groups is 1. The zero-order chi connectivity index (χ0) is 19.3. The minimum atomic E-state index is -4.49. The molecule has 1 heterocycles. The molecule has 2 aromatic rings. The maximum Gasteiger partial charge on any atom is 0.416 e. The third-order valence-electron chi connectivity index (χ3n) is 3.38. The van der Waals surface area contributed by atoms with Crippen molar-refractivity contribution in [2.45, 2.75) is 24.7 Å². The van der Waals surface area contributed by atoms with E-state index in [9.17, 15) is 22.8 Å². The van der Waals surface area contributed by atoms with E-state index in [0.29, 0.717) is 11.3 Å². The predicted molar refractivity (Wildman–Crippen MR) is 91.2 cm³/mol. The lowest BCUT2D eigenvalue weighted by Gasteiger charge is -2.10. The van der Waals surface area contributed by atoms with Crippen LogP contribution in [-0.2, 0) is 17.4 Å². The van der Waals surface area contributed by atoms with Gasteiger partial charge in [0.15, 0.2) is 5.16 Å². The summed E-state index contributed by atoms with van der Waals surface area (Å²) in [7, 11) is 0. The van der Waals surface area contributed by atoms with Crippen molar-refractivity contribution >= 4 is 23.4 Å². The number of rotatable bonds is 6. The maximum absolute atomic E-state index is 12.7. The van der Waals surface area contributed by atoms with Gasteiger partial charge >= 0.3 is 6.18 Å². The van der Waals surface area contributed by atoms with Gasteiger partial charge in [0.1, 0.15) is 0 Å². The summed E-state index contributed by atoms with van der Waals surface area (Å²) in [5.41, 5.74) is -0.411. The van der Waals surface area contributed by atoms with Gasteiger partial charge in [-0.1, -0.05) is 17.8 Å². The molecule has 0 saturated carbocycles. The number of benzene rings is 1. The summed E-state index contributed by atoms with van der Waals surface area (Å²) < 4.78 is 38.0. The molecule has 1 amide bonds. The van der Waals surface area contributed by atoms with E-state index in [1.807, 2.05) is 0 Å². The molecule has 2 rings (SSSR count). The molecule has 0 aliphatic heterocycles. The van der Waals surface area contributed by atoms with Gasteiger partial charge in [-0.2, -0.15) is 13.2 Å². The Morgan fingerprint density at radius 1 is 1.38 bits per heavy atom. The normalized spacial score (nSPS) is 11.4. The number of hydrogen-bond acceptors (Lipinski definition) is 5. The molecular formula is C16H16F3N3O3S. The summed E-state index contributed by atoms with van der Waals surface area (Å²) in [6, 6.07) is 4.31. The van der Waals surface area contributed by atoms with Crippen LogP contribution in [0.5, 0.6) is 0 Å². The topological polar surface area (TPSA) is 95.1 Å². The molecule has 3 N–H and O–H groups in total. The molecule has 140 valence electrons. The monoisotopic (exact) mass is 387 g/mol. The minimum Gasteiger partial charge on any atom is -0.396 e. The highest BCUT2D eigenvalue weighted by Crippen LogP contribution is 2.30. The fourth-order valence-electron chi connectivity index (χ4n) is 2.16. The quantitative estimate of drug-likeness (QED) is 0.523. The van der Waals surface area contributed by atoms with Crippen LogP contribution in [0.3, 0.4) is 0 Å². The third-order valence-corrected chi connectivity index (χ3v) is 4.25. The number of anilines is 1. The summed E-state index contributed by atoms with van der Waals surface area (Å²) in [5, 5.41) is 11.5. The Labute approximate surface area is 150 Å². The Kier molecular flexibility index (Phi) is 6.43. The van der Waals surface area contributed by atoms with Gasteiger partial charge in [-0.25, -0.2) is 4.98 Å². The van der Waals surface area contributed by atoms with E-state index < -0.39 is 23.2 Å². The highest BCUT2D eigenvalue weighted by atomic mass is 32.2. The molecule has 0 bridgehead atoms. The summed E-state index contributed by atoms with van der Waals surface area (Å²) >= 11 is 0.949. The zero-order valence-corrected chi connectivity index (χ0v) is 14.5. The second-order valence-electron chi connectivity index (χ2n) is 5.32. The third kappa shape index (κ3) is 5.33. The molecule has 0 spiro atoms. The van der Waals surface area contributed by atoms with Crippen molar-refractivity contribution in [3.8, 4) is 0 Å². The molecule has 0 aliphatic carbocycles. The number of aliphatic hydroxyl groups is 1. The van der Waals surface area contributed by atoms with Crippen LogP contribution in [0.2, 0.25) is 0 Å². The Balaban J connectivity index is 2.00. The average molecular weight is 387 g/mol. The van der Waals surface area contributed by atoms with Crippen molar-refractivity contribution in [1.29, 1.82) is 0 Å². The van der Waals surface area contributed by atoms with Crippen LogP contribution in [0.1, 0.15) is 16.8 Å². The highest BCUT2D eigenvalue weighted by molar-refractivity contribution is 7.99. The van der Waals surface area contributed by atoms with Crippen LogP contribution >= 0.6 is 11.8 Å². The van der Waals surface area contributed by atoms with Gasteiger partial charge in [0.05, 0.1) is 11.3 Å². The number of aliphatic hydroxyl groups excluding tert-OH is 1. The van der Waals surface area contributed by atoms with Gasteiger partial charge < -0.3 is 15.4 Å². The summed E-state index contributed by atoms with van der Waals surface area (Å²) in [4.78, 5) is 30.5. The van der Waals surface area contributed by atoms with E-state index in [-0.39, 0.29) is 29.6 Å². The number of nitrogens with zero attached hydrogens (tertiary/aromatic N) is 1. The number of halogens is 3.